The Morgan fingerprint density at radius 3 is 2.52 bits per heavy atom. The minimum atomic E-state index is -3.48. The second-order valence-electron chi connectivity index (χ2n) is 6.38. The van der Waals surface area contributed by atoms with Crippen molar-refractivity contribution in [2.45, 2.75) is 33.1 Å². The van der Waals surface area contributed by atoms with Crippen LogP contribution in [-0.2, 0) is 21.2 Å². The summed E-state index contributed by atoms with van der Waals surface area (Å²) in [5.41, 5.74) is 3.11. The zero-order chi connectivity index (χ0) is 20.0. The van der Waals surface area contributed by atoms with Crippen molar-refractivity contribution in [3.63, 3.8) is 0 Å². The maximum absolute atomic E-state index is 12.3. The monoisotopic (exact) mass is 408 g/mol. The Morgan fingerprint density at radius 2 is 1.85 bits per heavy atom. The molecule has 0 aromatic heterocycles. The molecule has 5 nitrogen and oxygen atoms in total. The smallest absolute Gasteiger partial charge is 0.232 e. The molecule has 0 fully saturated rings. The van der Waals surface area contributed by atoms with Crippen molar-refractivity contribution < 1.29 is 13.2 Å². The van der Waals surface area contributed by atoms with E-state index in [4.69, 9.17) is 11.6 Å². The number of amides is 1. The molecule has 0 atom stereocenters. The quantitative estimate of drug-likeness (QED) is 0.704. The number of aryl methyl sites for hydroxylation is 1. The predicted molar refractivity (Wildman–Crippen MR) is 112 cm³/mol. The maximum atomic E-state index is 12.3. The van der Waals surface area contributed by atoms with Gasteiger partial charge in [0.1, 0.15) is 0 Å². The van der Waals surface area contributed by atoms with Gasteiger partial charge in [0.05, 0.1) is 11.9 Å². The lowest BCUT2D eigenvalue weighted by Crippen LogP contribution is -2.32. The van der Waals surface area contributed by atoms with Crippen LogP contribution in [-0.4, -0.2) is 27.1 Å². The Balaban J connectivity index is 2.04. The Labute approximate surface area is 166 Å². The summed E-state index contributed by atoms with van der Waals surface area (Å²) in [6.45, 7) is 4.02. The van der Waals surface area contributed by atoms with E-state index >= 15 is 0 Å². The number of nitrogens with zero attached hydrogens (tertiary/aromatic N) is 1. The highest BCUT2D eigenvalue weighted by Crippen LogP contribution is 2.28. The van der Waals surface area contributed by atoms with E-state index in [1.54, 1.807) is 25.1 Å². The molecule has 1 amide bonds. The van der Waals surface area contributed by atoms with Crippen molar-refractivity contribution in [2.24, 2.45) is 0 Å². The lowest BCUT2D eigenvalue weighted by atomic mass is 10.1. The molecule has 27 heavy (non-hydrogen) atoms. The van der Waals surface area contributed by atoms with E-state index in [0.29, 0.717) is 22.7 Å². The molecular formula is C20H25ClN2O3S. The molecule has 1 N–H and O–H groups in total. The zero-order valence-corrected chi connectivity index (χ0v) is 17.4. The number of anilines is 2. The minimum absolute atomic E-state index is 0.132. The van der Waals surface area contributed by atoms with Crippen LogP contribution >= 0.6 is 11.6 Å². The molecule has 2 rings (SSSR count). The van der Waals surface area contributed by atoms with E-state index in [1.165, 1.54) is 4.31 Å². The molecule has 0 bridgehead atoms. The first-order valence-corrected chi connectivity index (χ1v) is 11.1. The molecule has 0 radical (unpaired) electrons. The normalized spacial score (nSPS) is 11.3. The Bertz CT molecular complexity index is 913. The van der Waals surface area contributed by atoms with Gasteiger partial charge in [0.15, 0.2) is 0 Å². The molecule has 0 spiro atoms. The van der Waals surface area contributed by atoms with Gasteiger partial charge < -0.3 is 5.32 Å². The fourth-order valence-corrected chi connectivity index (χ4v) is 4.06. The third kappa shape index (κ3) is 5.71. The molecule has 146 valence electrons. The predicted octanol–water partition coefficient (Wildman–Crippen LogP) is 4.40. The fraction of sp³-hybridized carbons (Fsp3) is 0.350. The van der Waals surface area contributed by atoms with Gasteiger partial charge in [0.2, 0.25) is 15.9 Å². The number of benzene rings is 2. The molecule has 0 saturated heterocycles. The van der Waals surface area contributed by atoms with E-state index in [9.17, 15) is 13.2 Å². The van der Waals surface area contributed by atoms with Crippen LogP contribution in [0.25, 0.3) is 0 Å². The molecule has 7 heteroatoms. The van der Waals surface area contributed by atoms with Gasteiger partial charge in [-0.2, -0.15) is 0 Å². The van der Waals surface area contributed by atoms with Crippen molar-refractivity contribution >= 4 is 38.9 Å². The van der Waals surface area contributed by atoms with Crippen molar-refractivity contribution in [1.82, 2.24) is 0 Å². The molecule has 0 heterocycles. The van der Waals surface area contributed by atoms with Gasteiger partial charge in [0.25, 0.3) is 0 Å². The highest BCUT2D eigenvalue weighted by molar-refractivity contribution is 7.92. The second-order valence-corrected chi connectivity index (χ2v) is 8.70. The average Bonchev–Trinajstić information content (AvgIpc) is 2.61. The third-order valence-corrected chi connectivity index (χ3v) is 5.93. The molecule has 0 aliphatic carbocycles. The summed E-state index contributed by atoms with van der Waals surface area (Å²) in [7, 11) is -3.48. The number of hydrogen-bond acceptors (Lipinski definition) is 3. The average molecular weight is 409 g/mol. The number of carbonyl (C=O) groups is 1. The van der Waals surface area contributed by atoms with E-state index in [1.807, 2.05) is 31.2 Å². The van der Waals surface area contributed by atoms with Gasteiger partial charge in [-0.25, -0.2) is 8.42 Å². The van der Waals surface area contributed by atoms with Gasteiger partial charge in [0, 0.05) is 23.7 Å². The van der Waals surface area contributed by atoms with Gasteiger partial charge in [-0.1, -0.05) is 42.8 Å². The van der Waals surface area contributed by atoms with Crippen molar-refractivity contribution in [1.29, 1.82) is 0 Å². The van der Waals surface area contributed by atoms with Gasteiger partial charge >= 0.3 is 0 Å². The number of rotatable bonds is 8. The van der Waals surface area contributed by atoms with Crippen LogP contribution < -0.4 is 9.62 Å². The molecule has 0 aliphatic heterocycles. The Morgan fingerprint density at radius 1 is 1.15 bits per heavy atom. The number of nitrogens with one attached hydrogen (secondary N) is 1. The third-order valence-electron chi connectivity index (χ3n) is 4.35. The molecule has 2 aromatic rings. The summed E-state index contributed by atoms with van der Waals surface area (Å²) in [6, 6.07) is 12.8. The van der Waals surface area contributed by atoms with Crippen LogP contribution in [0.4, 0.5) is 11.4 Å². The number of halogens is 1. The highest BCUT2D eigenvalue weighted by Gasteiger charge is 2.20. The van der Waals surface area contributed by atoms with Crippen molar-refractivity contribution in [2.75, 3.05) is 22.4 Å². The molecular weight excluding hydrogens is 384 g/mol. The number of carbonyl (C=O) groups excluding carboxylic acids is 1. The number of hydrogen-bond donors (Lipinski definition) is 1. The fourth-order valence-electron chi connectivity index (χ4n) is 2.88. The van der Waals surface area contributed by atoms with Crippen LogP contribution in [0.15, 0.2) is 42.5 Å². The summed E-state index contributed by atoms with van der Waals surface area (Å²) in [4.78, 5) is 12.3. The van der Waals surface area contributed by atoms with Crippen LogP contribution in [0.1, 0.15) is 30.9 Å². The van der Waals surface area contributed by atoms with E-state index in [0.717, 1.165) is 23.9 Å². The first-order valence-electron chi connectivity index (χ1n) is 8.84. The summed E-state index contributed by atoms with van der Waals surface area (Å²) in [5, 5.41) is 3.42. The summed E-state index contributed by atoms with van der Waals surface area (Å²) in [5.74, 6) is -0.132. The van der Waals surface area contributed by atoms with Crippen LogP contribution in [0.3, 0.4) is 0 Å². The summed E-state index contributed by atoms with van der Waals surface area (Å²) in [6.07, 6.45) is 2.61. The van der Waals surface area contributed by atoms with Crippen LogP contribution in [0.2, 0.25) is 5.02 Å². The highest BCUT2D eigenvalue weighted by atomic mass is 35.5. The standard InChI is InChI=1S/C20H25ClN2O3S/c1-4-16-9-5-6-11-18(16)22-20(24)13-8-14-23(27(3,25)26)19-12-7-10-17(21)15(19)2/h5-7,9-12H,4,8,13-14H2,1-3H3,(H,22,24). The molecule has 0 saturated carbocycles. The second kappa shape index (κ2) is 9.24. The van der Waals surface area contributed by atoms with Gasteiger partial charge in [-0.05, 0) is 49.1 Å². The summed E-state index contributed by atoms with van der Waals surface area (Å²) >= 11 is 6.13. The first kappa shape index (κ1) is 21.3. The number of sulfonamides is 1. The van der Waals surface area contributed by atoms with E-state index < -0.39 is 10.0 Å². The van der Waals surface area contributed by atoms with E-state index in [-0.39, 0.29) is 18.9 Å². The van der Waals surface area contributed by atoms with Crippen LogP contribution in [0, 0.1) is 6.92 Å². The lowest BCUT2D eigenvalue weighted by Gasteiger charge is -2.24. The van der Waals surface area contributed by atoms with Gasteiger partial charge in [-0.15, -0.1) is 0 Å². The zero-order valence-electron chi connectivity index (χ0n) is 15.8. The van der Waals surface area contributed by atoms with Crippen LogP contribution in [0.5, 0.6) is 0 Å². The largest absolute Gasteiger partial charge is 0.326 e. The lowest BCUT2D eigenvalue weighted by molar-refractivity contribution is -0.116. The molecule has 0 unspecified atom stereocenters. The Hall–Kier alpha value is -2.05. The maximum Gasteiger partial charge on any atom is 0.232 e. The number of para-hydroxylation sites is 1. The Kier molecular flexibility index (Phi) is 7.27. The van der Waals surface area contributed by atoms with Gasteiger partial charge in [-0.3, -0.25) is 9.10 Å². The van der Waals surface area contributed by atoms with Crippen molar-refractivity contribution in [3.8, 4) is 0 Å². The minimum Gasteiger partial charge on any atom is -0.326 e. The first-order chi connectivity index (χ1) is 12.7. The van der Waals surface area contributed by atoms with E-state index in [2.05, 4.69) is 5.32 Å². The SMILES string of the molecule is CCc1ccccc1NC(=O)CCCN(c1cccc(Cl)c1C)S(C)(=O)=O. The summed E-state index contributed by atoms with van der Waals surface area (Å²) < 4.78 is 25.8. The molecule has 2 aromatic carbocycles. The topological polar surface area (TPSA) is 66.5 Å². The molecule has 0 aliphatic rings. The van der Waals surface area contributed by atoms with Crippen molar-refractivity contribution in [3.05, 3.63) is 58.6 Å².